The molecule has 1 aromatic heterocycles. The zero-order chi connectivity index (χ0) is 21.2. The lowest BCUT2D eigenvalue weighted by Crippen LogP contribution is -2.48. The summed E-state index contributed by atoms with van der Waals surface area (Å²) in [5, 5.41) is 7.13. The number of alkyl halides is 3. The summed E-state index contributed by atoms with van der Waals surface area (Å²) in [5.41, 5.74) is -0.514. The Labute approximate surface area is 172 Å². The van der Waals surface area contributed by atoms with E-state index in [2.05, 4.69) is 15.4 Å². The minimum atomic E-state index is -4.47. The molecule has 0 radical (unpaired) electrons. The van der Waals surface area contributed by atoms with Gasteiger partial charge in [-0.05, 0) is 37.0 Å². The average molecular weight is 430 g/mol. The molecule has 0 spiro atoms. The number of piperidine rings is 1. The summed E-state index contributed by atoms with van der Waals surface area (Å²) in [6, 6.07) is 2.71. The fourth-order valence-electron chi connectivity index (χ4n) is 3.44. The Morgan fingerprint density at radius 3 is 2.48 bits per heavy atom. The number of nitrogens with zero attached hydrogens (tertiary/aromatic N) is 4. The van der Waals surface area contributed by atoms with Crippen molar-refractivity contribution in [3.8, 4) is 0 Å². The molecule has 1 amide bonds. The maximum atomic E-state index is 13.1. The van der Waals surface area contributed by atoms with Gasteiger partial charge in [-0.3, -0.25) is 4.79 Å². The maximum Gasteiger partial charge on any atom is 0.416 e. The van der Waals surface area contributed by atoms with Crippen LogP contribution in [0.1, 0.15) is 38.3 Å². The molecule has 0 saturated carbocycles. The third-order valence-electron chi connectivity index (χ3n) is 5.13. The summed E-state index contributed by atoms with van der Waals surface area (Å²) in [4.78, 5) is 18.8. The molecule has 1 N–H and O–H groups in total. The SMILES string of the molecule is CC(C)[C@H](Nc1ccc(C(F)(F)F)cc1Cl)C(=O)N1CCC(n2cncn2)CC1. The minimum Gasteiger partial charge on any atom is -0.372 e. The van der Waals surface area contributed by atoms with E-state index in [9.17, 15) is 18.0 Å². The highest BCUT2D eigenvalue weighted by atomic mass is 35.5. The molecule has 158 valence electrons. The summed E-state index contributed by atoms with van der Waals surface area (Å²) < 4.78 is 40.3. The molecule has 2 aromatic rings. The van der Waals surface area contributed by atoms with Crippen molar-refractivity contribution in [1.29, 1.82) is 0 Å². The van der Waals surface area contributed by atoms with Gasteiger partial charge in [0.15, 0.2) is 0 Å². The topological polar surface area (TPSA) is 63.1 Å². The molecule has 10 heteroatoms. The van der Waals surface area contributed by atoms with E-state index in [1.54, 1.807) is 11.2 Å². The van der Waals surface area contributed by atoms with E-state index in [1.165, 1.54) is 12.4 Å². The van der Waals surface area contributed by atoms with Crippen LogP contribution in [0, 0.1) is 5.92 Å². The lowest BCUT2D eigenvalue weighted by atomic mass is 9.99. The molecule has 6 nitrogen and oxygen atoms in total. The van der Waals surface area contributed by atoms with Crippen molar-refractivity contribution in [2.75, 3.05) is 18.4 Å². The second-order valence-corrected chi connectivity index (χ2v) is 7.90. The van der Waals surface area contributed by atoms with Gasteiger partial charge < -0.3 is 10.2 Å². The van der Waals surface area contributed by atoms with Crippen LogP contribution in [0.3, 0.4) is 0 Å². The smallest absolute Gasteiger partial charge is 0.372 e. The van der Waals surface area contributed by atoms with Crippen molar-refractivity contribution in [3.05, 3.63) is 41.4 Å². The van der Waals surface area contributed by atoms with Gasteiger partial charge in [0.25, 0.3) is 0 Å². The number of carbonyl (C=O) groups is 1. The number of benzene rings is 1. The largest absolute Gasteiger partial charge is 0.416 e. The van der Waals surface area contributed by atoms with E-state index in [1.807, 2.05) is 18.5 Å². The average Bonchev–Trinajstić information content (AvgIpc) is 3.20. The van der Waals surface area contributed by atoms with Crippen molar-refractivity contribution in [2.24, 2.45) is 5.92 Å². The van der Waals surface area contributed by atoms with Gasteiger partial charge in [-0.1, -0.05) is 25.4 Å². The predicted octanol–water partition coefficient (Wildman–Crippen LogP) is 4.25. The number of amides is 1. The van der Waals surface area contributed by atoms with Crippen LogP contribution in [0.5, 0.6) is 0 Å². The summed E-state index contributed by atoms with van der Waals surface area (Å²) >= 11 is 6.05. The fourth-order valence-corrected chi connectivity index (χ4v) is 3.68. The quantitative estimate of drug-likeness (QED) is 0.771. The number of rotatable bonds is 5. The highest BCUT2D eigenvalue weighted by molar-refractivity contribution is 6.33. The van der Waals surface area contributed by atoms with Gasteiger partial charge in [-0.15, -0.1) is 0 Å². The van der Waals surface area contributed by atoms with Crippen LogP contribution in [0.4, 0.5) is 18.9 Å². The molecule has 1 fully saturated rings. The van der Waals surface area contributed by atoms with Crippen LogP contribution in [0.2, 0.25) is 5.02 Å². The Bertz CT molecular complexity index is 833. The highest BCUT2D eigenvalue weighted by Crippen LogP contribution is 2.34. The zero-order valence-corrected chi connectivity index (χ0v) is 16.9. The van der Waals surface area contributed by atoms with Crippen molar-refractivity contribution in [3.63, 3.8) is 0 Å². The second kappa shape index (κ2) is 8.61. The maximum absolute atomic E-state index is 13.1. The molecular weight excluding hydrogens is 407 g/mol. The molecule has 0 bridgehead atoms. The van der Waals surface area contributed by atoms with Crippen LogP contribution in [0.15, 0.2) is 30.9 Å². The van der Waals surface area contributed by atoms with Gasteiger partial charge >= 0.3 is 6.18 Å². The second-order valence-electron chi connectivity index (χ2n) is 7.49. The van der Waals surface area contributed by atoms with Crippen molar-refractivity contribution < 1.29 is 18.0 Å². The van der Waals surface area contributed by atoms with Gasteiger partial charge in [0.2, 0.25) is 5.91 Å². The normalized spacial score (nSPS) is 16.9. The summed E-state index contributed by atoms with van der Waals surface area (Å²) in [6.07, 6.45) is 0.225. The van der Waals surface area contributed by atoms with Gasteiger partial charge in [-0.25, -0.2) is 9.67 Å². The molecule has 29 heavy (non-hydrogen) atoms. The Morgan fingerprint density at radius 2 is 1.97 bits per heavy atom. The van der Waals surface area contributed by atoms with Crippen molar-refractivity contribution >= 4 is 23.2 Å². The number of nitrogens with one attached hydrogen (secondary N) is 1. The number of likely N-dealkylation sites (tertiary alicyclic amines) is 1. The lowest BCUT2D eigenvalue weighted by Gasteiger charge is -2.35. The van der Waals surface area contributed by atoms with E-state index in [-0.39, 0.29) is 22.9 Å². The first-order chi connectivity index (χ1) is 13.7. The summed E-state index contributed by atoms with van der Waals surface area (Å²) in [5.74, 6) is -0.165. The minimum absolute atomic E-state index is 0.0665. The number of hydrogen-bond donors (Lipinski definition) is 1. The molecule has 0 unspecified atom stereocenters. The standard InChI is InChI=1S/C19H23ClF3N5O/c1-12(2)17(26-16-4-3-13(9-15(16)20)19(21,22)23)18(29)27-7-5-14(6-8-27)28-11-24-10-25-28/h3-4,9-12,14,17,26H,5-8H2,1-2H3/t17-/m0/s1. The molecule has 1 aliphatic heterocycles. The van der Waals surface area contributed by atoms with Crippen LogP contribution < -0.4 is 5.32 Å². The van der Waals surface area contributed by atoms with Crippen LogP contribution in [-0.2, 0) is 11.0 Å². The summed E-state index contributed by atoms with van der Waals surface area (Å²) in [7, 11) is 0. The monoisotopic (exact) mass is 429 g/mol. The van der Waals surface area contributed by atoms with Crippen LogP contribution in [0.25, 0.3) is 0 Å². The third-order valence-corrected chi connectivity index (χ3v) is 5.44. The van der Waals surface area contributed by atoms with Gasteiger partial charge in [-0.2, -0.15) is 18.3 Å². The van der Waals surface area contributed by atoms with E-state index in [0.29, 0.717) is 18.8 Å². The lowest BCUT2D eigenvalue weighted by molar-refractivity contribution is -0.137. The van der Waals surface area contributed by atoms with Crippen LogP contribution in [-0.4, -0.2) is 44.7 Å². The van der Waals surface area contributed by atoms with Gasteiger partial charge in [0, 0.05) is 13.1 Å². The Morgan fingerprint density at radius 1 is 1.28 bits per heavy atom. The number of anilines is 1. The summed E-state index contributed by atoms with van der Waals surface area (Å²) in [6.45, 7) is 4.93. The molecule has 0 aliphatic carbocycles. The molecule has 1 aromatic carbocycles. The number of aromatic nitrogens is 3. The first-order valence-electron chi connectivity index (χ1n) is 9.43. The first kappa shape index (κ1) is 21.4. The molecular formula is C19H23ClF3N5O. The number of hydrogen-bond acceptors (Lipinski definition) is 4. The first-order valence-corrected chi connectivity index (χ1v) is 9.80. The van der Waals surface area contributed by atoms with Crippen LogP contribution >= 0.6 is 11.6 Å². The van der Waals surface area contributed by atoms with E-state index in [4.69, 9.17) is 11.6 Å². The number of halogens is 4. The van der Waals surface area contributed by atoms with E-state index >= 15 is 0 Å². The zero-order valence-electron chi connectivity index (χ0n) is 16.2. The fraction of sp³-hybridized carbons (Fsp3) is 0.526. The Balaban J connectivity index is 1.68. The highest BCUT2D eigenvalue weighted by Gasteiger charge is 2.33. The Kier molecular flexibility index (Phi) is 6.36. The van der Waals surface area contributed by atoms with Crippen molar-refractivity contribution in [2.45, 2.75) is 44.9 Å². The molecule has 1 aliphatic rings. The van der Waals surface area contributed by atoms with E-state index in [0.717, 1.165) is 25.0 Å². The number of carbonyl (C=O) groups excluding carboxylic acids is 1. The molecule has 1 saturated heterocycles. The molecule has 3 rings (SSSR count). The van der Waals surface area contributed by atoms with Crippen molar-refractivity contribution in [1.82, 2.24) is 19.7 Å². The van der Waals surface area contributed by atoms with Gasteiger partial charge in [0.05, 0.1) is 22.3 Å². The van der Waals surface area contributed by atoms with E-state index < -0.39 is 17.8 Å². The third kappa shape index (κ3) is 5.01. The Hall–Kier alpha value is -2.29. The molecule has 2 heterocycles. The molecule has 1 atom stereocenters. The predicted molar refractivity (Wildman–Crippen MR) is 104 cm³/mol. The van der Waals surface area contributed by atoms with Gasteiger partial charge in [0.1, 0.15) is 18.7 Å².